The summed E-state index contributed by atoms with van der Waals surface area (Å²) >= 11 is 5.33. The first kappa shape index (κ1) is 20.0. The molecule has 0 radical (unpaired) electrons. The van der Waals surface area contributed by atoms with Gasteiger partial charge in [-0.3, -0.25) is 10.1 Å². The van der Waals surface area contributed by atoms with E-state index in [9.17, 15) is 9.18 Å². The summed E-state index contributed by atoms with van der Waals surface area (Å²) in [5.41, 5.74) is 4.11. The van der Waals surface area contributed by atoms with Crippen LogP contribution in [0.1, 0.15) is 15.9 Å². The molecule has 0 spiro atoms. The maximum atomic E-state index is 13.5. The Morgan fingerprint density at radius 3 is 2.81 bits per heavy atom. The van der Waals surface area contributed by atoms with E-state index in [0.29, 0.717) is 39.6 Å². The number of carbonyl (C=O) groups excluding carboxylic acids is 1. The third-order valence-corrected chi connectivity index (χ3v) is 5.27. The fraction of sp³-hybridized carbons (Fsp3) is 0.0870. The number of anilines is 1. The first-order valence-electron chi connectivity index (χ1n) is 9.74. The van der Waals surface area contributed by atoms with E-state index in [1.165, 1.54) is 12.1 Å². The number of nitrogens with zero attached hydrogens (tertiary/aromatic N) is 1. The molecule has 0 fully saturated rings. The Morgan fingerprint density at radius 1 is 1.09 bits per heavy atom. The fourth-order valence-corrected chi connectivity index (χ4v) is 3.59. The molecule has 5 rings (SSSR count). The van der Waals surface area contributed by atoms with Gasteiger partial charge in [-0.2, -0.15) is 0 Å². The van der Waals surface area contributed by atoms with E-state index in [4.69, 9.17) is 21.7 Å². The van der Waals surface area contributed by atoms with Crippen molar-refractivity contribution in [2.45, 2.75) is 6.92 Å². The standard InChI is InChI=1S/C23H17FN4O3S/c1-12-2-3-13(21-25-16-6-5-15(24)10-18(16)26-21)8-17(12)27-23(32)28-22(29)14-4-7-19-20(9-14)31-11-30-19/h2-10H,11H2,1H3,(H,25,26)(H2,27,28,29,32). The van der Waals surface area contributed by atoms with Gasteiger partial charge >= 0.3 is 0 Å². The normalized spacial score (nSPS) is 12.1. The van der Waals surface area contributed by atoms with Crippen molar-refractivity contribution in [2.24, 2.45) is 0 Å². The van der Waals surface area contributed by atoms with Gasteiger partial charge in [0.2, 0.25) is 6.79 Å². The van der Waals surface area contributed by atoms with E-state index in [1.807, 2.05) is 25.1 Å². The molecule has 7 nitrogen and oxygen atoms in total. The van der Waals surface area contributed by atoms with Crippen LogP contribution in [0.25, 0.3) is 22.4 Å². The Balaban J connectivity index is 1.33. The highest BCUT2D eigenvalue weighted by Crippen LogP contribution is 2.32. The molecule has 2 heterocycles. The molecule has 4 aromatic rings. The summed E-state index contributed by atoms with van der Waals surface area (Å²) in [5.74, 6) is 1.02. The average molecular weight is 448 g/mol. The Labute approximate surface area is 187 Å². The largest absolute Gasteiger partial charge is 0.454 e. The number of amides is 1. The van der Waals surface area contributed by atoms with Crippen LogP contribution < -0.4 is 20.1 Å². The summed E-state index contributed by atoms with van der Waals surface area (Å²) in [6.45, 7) is 2.05. The number of benzene rings is 3. The molecule has 0 bridgehead atoms. The summed E-state index contributed by atoms with van der Waals surface area (Å²) in [4.78, 5) is 20.2. The zero-order chi connectivity index (χ0) is 22.2. The lowest BCUT2D eigenvalue weighted by Gasteiger charge is -2.13. The molecule has 0 atom stereocenters. The molecule has 3 N–H and O–H groups in total. The second kappa shape index (κ2) is 7.93. The van der Waals surface area contributed by atoms with Crippen molar-refractivity contribution in [1.29, 1.82) is 0 Å². The number of aromatic nitrogens is 2. The van der Waals surface area contributed by atoms with Crippen LogP contribution in [-0.4, -0.2) is 27.8 Å². The second-order valence-corrected chi connectivity index (χ2v) is 7.66. The van der Waals surface area contributed by atoms with Gasteiger partial charge in [-0.05, 0) is 67.2 Å². The quantitative estimate of drug-likeness (QED) is 0.399. The van der Waals surface area contributed by atoms with Gasteiger partial charge in [-0.15, -0.1) is 0 Å². The molecule has 0 unspecified atom stereocenters. The third-order valence-electron chi connectivity index (χ3n) is 5.06. The van der Waals surface area contributed by atoms with Crippen molar-refractivity contribution < 1.29 is 18.7 Å². The van der Waals surface area contributed by atoms with E-state index >= 15 is 0 Å². The first-order chi connectivity index (χ1) is 15.5. The number of imidazole rings is 1. The maximum absolute atomic E-state index is 13.5. The summed E-state index contributed by atoms with van der Waals surface area (Å²) in [5, 5.41) is 5.88. The predicted octanol–water partition coefficient (Wildman–Crippen LogP) is 4.53. The molecule has 160 valence electrons. The molecule has 0 saturated heterocycles. The van der Waals surface area contributed by atoms with Crippen molar-refractivity contribution in [1.82, 2.24) is 15.3 Å². The molecule has 1 aromatic heterocycles. The summed E-state index contributed by atoms with van der Waals surface area (Å²) < 4.78 is 24.1. The lowest BCUT2D eigenvalue weighted by atomic mass is 10.1. The number of hydrogen-bond acceptors (Lipinski definition) is 5. The third kappa shape index (κ3) is 3.85. The number of ether oxygens (including phenoxy) is 2. The number of rotatable bonds is 3. The number of hydrogen-bond donors (Lipinski definition) is 3. The molecule has 1 aliphatic rings. The van der Waals surface area contributed by atoms with Crippen LogP contribution in [0.2, 0.25) is 0 Å². The highest BCUT2D eigenvalue weighted by Gasteiger charge is 2.17. The van der Waals surface area contributed by atoms with E-state index in [-0.39, 0.29) is 23.6 Å². The van der Waals surface area contributed by atoms with Crippen molar-refractivity contribution in [3.63, 3.8) is 0 Å². The fourth-order valence-electron chi connectivity index (χ4n) is 3.39. The highest BCUT2D eigenvalue weighted by atomic mass is 32.1. The minimum atomic E-state index is -0.367. The van der Waals surface area contributed by atoms with Crippen LogP contribution in [0.3, 0.4) is 0 Å². The van der Waals surface area contributed by atoms with Crippen molar-refractivity contribution >= 4 is 40.0 Å². The monoisotopic (exact) mass is 448 g/mol. The summed E-state index contributed by atoms with van der Waals surface area (Å²) in [6, 6.07) is 15.0. The molecule has 1 aliphatic heterocycles. The number of nitrogens with one attached hydrogen (secondary N) is 3. The highest BCUT2D eigenvalue weighted by molar-refractivity contribution is 7.80. The Kier molecular flexibility index (Phi) is 4.95. The number of carbonyl (C=O) groups is 1. The van der Waals surface area contributed by atoms with Crippen LogP contribution >= 0.6 is 12.2 Å². The lowest BCUT2D eigenvalue weighted by molar-refractivity contribution is 0.0977. The van der Waals surface area contributed by atoms with Gasteiger partial charge in [0, 0.05) is 16.8 Å². The molecule has 0 aliphatic carbocycles. The number of thiocarbonyl (C=S) groups is 1. The molecular formula is C23H17FN4O3S. The summed E-state index contributed by atoms with van der Waals surface area (Å²) in [6.07, 6.45) is 0. The van der Waals surface area contributed by atoms with E-state index in [1.54, 1.807) is 24.3 Å². The van der Waals surface area contributed by atoms with E-state index < -0.39 is 0 Å². The number of aryl methyl sites for hydroxylation is 1. The smallest absolute Gasteiger partial charge is 0.257 e. The van der Waals surface area contributed by atoms with Crippen LogP contribution in [0.4, 0.5) is 10.1 Å². The number of fused-ring (bicyclic) bond motifs is 2. The van der Waals surface area contributed by atoms with Gasteiger partial charge in [-0.1, -0.05) is 12.1 Å². The van der Waals surface area contributed by atoms with E-state index in [2.05, 4.69) is 20.6 Å². The zero-order valence-electron chi connectivity index (χ0n) is 16.9. The molecule has 9 heteroatoms. The van der Waals surface area contributed by atoms with Gasteiger partial charge in [0.15, 0.2) is 16.6 Å². The van der Waals surface area contributed by atoms with Crippen LogP contribution in [0, 0.1) is 12.7 Å². The topological polar surface area (TPSA) is 88.3 Å². The van der Waals surface area contributed by atoms with Gasteiger partial charge in [-0.25, -0.2) is 9.37 Å². The van der Waals surface area contributed by atoms with Gasteiger partial charge < -0.3 is 19.8 Å². The zero-order valence-corrected chi connectivity index (χ0v) is 17.7. The van der Waals surface area contributed by atoms with Crippen LogP contribution in [0.15, 0.2) is 54.6 Å². The average Bonchev–Trinajstić information content (AvgIpc) is 3.41. The second-order valence-electron chi connectivity index (χ2n) is 7.25. The van der Waals surface area contributed by atoms with Crippen molar-refractivity contribution in [3.05, 3.63) is 71.5 Å². The maximum Gasteiger partial charge on any atom is 0.257 e. The van der Waals surface area contributed by atoms with Gasteiger partial charge in [0.05, 0.1) is 11.0 Å². The van der Waals surface area contributed by atoms with Crippen LogP contribution in [-0.2, 0) is 0 Å². The Hall–Kier alpha value is -3.98. The molecule has 1 amide bonds. The van der Waals surface area contributed by atoms with Crippen molar-refractivity contribution in [2.75, 3.05) is 12.1 Å². The SMILES string of the molecule is Cc1ccc(-c2nc3ccc(F)cc3[nH]2)cc1NC(=S)NC(=O)c1ccc2c(c1)OCO2. The number of aromatic amines is 1. The molecule has 3 aromatic carbocycles. The minimum Gasteiger partial charge on any atom is -0.454 e. The summed E-state index contributed by atoms with van der Waals surface area (Å²) in [7, 11) is 0. The molecule has 32 heavy (non-hydrogen) atoms. The van der Waals surface area contributed by atoms with Crippen molar-refractivity contribution in [3.8, 4) is 22.9 Å². The van der Waals surface area contributed by atoms with Crippen LogP contribution in [0.5, 0.6) is 11.5 Å². The van der Waals surface area contributed by atoms with Gasteiger partial charge in [0.25, 0.3) is 5.91 Å². The van der Waals surface area contributed by atoms with E-state index in [0.717, 1.165) is 11.1 Å². The number of halogens is 1. The Bertz CT molecular complexity index is 1390. The first-order valence-corrected chi connectivity index (χ1v) is 10.2. The molecular weight excluding hydrogens is 431 g/mol. The lowest BCUT2D eigenvalue weighted by Crippen LogP contribution is -2.34. The predicted molar refractivity (Wildman–Crippen MR) is 122 cm³/mol. The van der Waals surface area contributed by atoms with Gasteiger partial charge in [0.1, 0.15) is 11.6 Å². The Morgan fingerprint density at radius 2 is 1.94 bits per heavy atom. The molecule has 0 saturated carbocycles. The minimum absolute atomic E-state index is 0.135. The number of H-pyrrole nitrogens is 1.